The molecule has 0 spiro atoms. The van der Waals surface area contributed by atoms with E-state index in [2.05, 4.69) is 57.9 Å². The summed E-state index contributed by atoms with van der Waals surface area (Å²) in [6.07, 6.45) is 16.7. The van der Waals surface area contributed by atoms with Crippen LogP contribution in [0.1, 0.15) is 88.5 Å². The van der Waals surface area contributed by atoms with E-state index in [-0.39, 0.29) is 11.9 Å². The van der Waals surface area contributed by atoms with E-state index in [1.807, 2.05) is 44.4 Å². The molecular weight excluding hydrogens is 478 g/mol. The summed E-state index contributed by atoms with van der Waals surface area (Å²) < 4.78 is 6.83. The summed E-state index contributed by atoms with van der Waals surface area (Å²) in [5, 5.41) is 10.4. The molecule has 0 bridgehead atoms. The fourth-order valence-corrected chi connectivity index (χ4v) is 5.66. The maximum absolute atomic E-state index is 10.4. The van der Waals surface area contributed by atoms with Gasteiger partial charge in [-0.1, -0.05) is 68.2 Å². The van der Waals surface area contributed by atoms with Gasteiger partial charge in [0.05, 0.1) is 17.4 Å². The SMILES string of the molecule is C=CCc1c(-c2ccc(O)c(C=C)c2C)ccc(C(C)(C)OC2CCC(CC)CC2)c1N=CCC#C/C=C/C. The largest absolute Gasteiger partial charge is 0.507 e. The molecule has 39 heavy (non-hydrogen) atoms. The van der Waals surface area contributed by atoms with Crippen molar-refractivity contribution in [3.63, 3.8) is 0 Å². The van der Waals surface area contributed by atoms with Crippen LogP contribution in [0.25, 0.3) is 17.2 Å². The maximum Gasteiger partial charge on any atom is 0.123 e. The van der Waals surface area contributed by atoms with Crippen LogP contribution in [0, 0.1) is 24.7 Å². The predicted octanol–water partition coefficient (Wildman–Crippen LogP) is 9.63. The highest BCUT2D eigenvalue weighted by molar-refractivity contribution is 5.82. The number of ether oxygens (including phenoxy) is 1. The molecule has 3 nitrogen and oxygen atoms in total. The van der Waals surface area contributed by atoms with Crippen LogP contribution in [0.4, 0.5) is 5.69 Å². The van der Waals surface area contributed by atoms with Crippen LogP contribution in [-0.2, 0) is 16.8 Å². The second-order valence-electron chi connectivity index (χ2n) is 10.9. The topological polar surface area (TPSA) is 41.8 Å². The lowest BCUT2D eigenvalue weighted by atomic mass is 9.84. The van der Waals surface area contributed by atoms with Gasteiger partial charge in [0.2, 0.25) is 0 Å². The summed E-state index contributed by atoms with van der Waals surface area (Å²) in [5.74, 6) is 7.24. The van der Waals surface area contributed by atoms with E-state index >= 15 is 0 Å². The molecule has 1 N–H and O–H groups in total. The Morgan fingerprint density at radius 2 is 1.82 bits per heavy atom. The van der Waals surface area contributed by atoms with E-state index < -0.39 is 5.60 Å². The highest BCUT2D eigenvalue weighted by Crippen LogP contribution is 2.44. The van der Waals surface area contributed by atoms with E-state index in [4.69, 9.17) is 9.73 Å². The van der Waals surface area contributed by atoms with Crippen LogP contribution in [0.2, 0.25) is 0 Å². The van der Waals surface area contributed by atoms with Crippen molar-refractivity contribution in [3.8, 4) is 28.7 Å². The number of rotatable bonds is 10. The third kappa shape index (κ3) is 7.40. The number of nitrogens with zero attached hydrogens (tertiary/aromatic N) is 1. The molecule has 0 atom stereocenters. The van der Waals surface area contributed by atoms with Crippen molar-refractivity contribution in [2.45, 2.75) is 91.3 Å². The molecule has 2 aromatic rings. The first-order valence-corrected chi connectivity index (χ1v) is 14.3. The lowest BCUT2D eigenvalue weighted by molar-refractivity contribution is -0.0932. The molecular formula is C36H45NO2. The minimum absolute atomic E-state index is 0.235. The van der Waals surface area contributed by atoms with Crippen molar-refractivity contribution in [1.82, 2.24) is 0 Å². The fourth-order valence-electron chi connectivity index (χ4n) is 5.66. The molecule has 3 heteroatoms. The van der Waals surface area contributed by atoms with Gasteiger partial charge in [0.15, 0.2) is 0 Å². The van der Waals surface area contributed by atoms with Gasteiger partial charge in [-0.15, -0.1) is 6.58 Å². The van der Waals surface area contributed by atoms with Gasteiger partial charge in [0.25, 0.3) is 0 Å². The van der Waals surface area contributed by atoms with Gasteiger partial charge in [0, 0.05) is 23.8 Å². The number of allylic oxidation sites excluding steroid dienone is 3. The first-order chi connectivity index (χ1) is 18.8. The predicted molar refractivity (Wildman–Crippen MR) is 168 cm³/mol. The van der Waals surface area contributed by atoms with Crippen molar-refractivity contribution in [2.75, 3.05) is 0 Å². The molecule has 3 rings (SSSR count). The van der Waals surface area contributed by atoms with Crippen LogP contribution in [0.3, 0.4) is 0 Å². The molecule has 0 radical (unpaired) electrons. The van der Waals surface area contributed by atoms with E-state index in [0.717, 1.165) is 57.8 Å². The third-order valence-electron chi connectivity index (χ3n) is 7.86. The van der Waals surface area contributed by atoms with Gasteiger partial charge in [-0.2, -0.15) is 0 Å². The van der Waals surface area contributed by atoms with Crippen molar-refractivity contribution in [3.05, 3.63) is 77.9 Å². The second-order valence-corrected chi connectivity index (χ2v) is 10.9. The summed E-state index contributed by atoms with van der Waals surface area (Å²) >= 11 is 0. The van der Waals surface area contributed by atoms with E-state index in [0.29, 0.717) is 12.8 Å². The first kappa shape index (κ1) is 30.2. The Morgan fingerprint density at radius 3 is 2.46 bits per heavy atom. The Kier molecular flexibility index (Phi) is 11.0. The minimum atomic E-state index is -0.516. The van der Waals surface area contributed by atoms with Crippen LogP contribution in [0.5, 0.6) is 5.75 Å². The average molecular weight is 524 g/mol. The molecule has 0 unspecified atom stereocenters. The van der Waals surface area contributed by atoms with E-state index in [1.165, 1.54) is 19.3 Å². The smallest absolute Gasteiger partial charge is 0.123 e. The molecule has 0 amide bonds. The van der Waals surface area contributed by atoms with Gasteiger partial charge < -0.3 is 9.84 Å². The Balaban J connectivity index is 2.13. The van der Waals surface area contributed by atoms with Crippen molar-refractivity contribution >= 4 is 18.0 Å². The van der Waals surface area contributed by atoms with Gasteiger partial charge in [-0.25, -0.2) is 0 Å². The number of aliphatic imine (C=N–C) groups is 1. The quantitative estimate of drug-likeness (QED) is 0.191. The molecule has 0 aliphatic heterocycles. The average Bonchev–Trinajstić information content (AvgIpc) is 2.92. The summed E-state index contributed by atoms with van der Waals surface area (Å²) in [7, 11) is 0. The van der Waals surface area contributed by atoms with Crippen molar-refractivity contribution in [2.24, 2.45) is 10.9 Å². The Morgan fingerprint density at radius 1 is 1.10 bits per heavy atom. The maximum atomic E-state index is 10.4. The van der Waals surface area contributed by atoms with Gasteiger partial charge in [0.1, 0.15) is 5.75 Å². The first-order valence-electron chi connectivity index (χ1n) is 14.3. The van der Waals surface area contributed by atoms with Crippen molar-refractivity contribution < 1.29 is 9.84 Å². The van der Waals surface area contributed by atoms with Gasteiger partial charge >= 0.3 is 0 Å². The number of hydrogen-bond donors (Lipinski definition) is 1. The third-order valence-corrected chi connectivity index (χ3v) is 7.86. The number of phenols is 1. The fraction of sp³-hybridized carbons (Fsp3) is 0.417. The lowest BCUT2D eigenvalue weighted by Crippen LogP contribution is -2.31. The normalized spacial score (nSPS) is 17.8. The Labute approximate surface area is 236 Å². The van der Waals surface area contributed by atoms with E-state index in [1.54, 1.807) is 12.1 Å². The molecule has 0 heterocycles. The zero-order chi connectivity index (χ0) is 28.4. The Bertz CT molecular complexity index is 1280. The molecule has 0 aromatic heterocycles. The summed E-state index contributed by atoms with van der Waals surface area (Å²) in [4.78, 5) is 5.03. The van der Waals surface area contributed by atoms with E-state index in [9.17, 15) is 5.11 Å². The number of phenolic OH excluding ortho intramolecular Hbond substituents is 1. The lowest BCUT2D eigenvalue weighted by Gasteiger charge is -2.36. The van der Waals surface area contributed by atoms with Crippen LogP contribution < -0.4 is 0 Å². The van der Waals surface area contributed by atoms with Gasteiger partial charge in [-0.05, 0) is 100 Å². The standard InChI is InChI=1S/C36H45NO2/c1-8-12-13-14-15-25-37-35-32(16-9-2)31(30-22-24-34(38)29(11-4)26(30)5)21-23-33(35)36(6,7)39-28-19-17-27(10-3)18-20-28/h8-9,11-12,21-25,27-28,38H,2,4,10,15-20H2,1,3,5-7H3/b12-8+,37-25?. The molecule has 1 fully saturated rings. The molecule has 1 aliphatic carbocycles. The summed E-state index contributed by atoms with van der Waals surface area (Å²) in [6, 6.07) is 8.05. The monoisotopic (exact) mass is 523 g/mol. The highest BCUT2D eigenvalue weighted by Gasteiger charge is 2.32. The number of aromatic hydroxyl groups is 1. The molecule has 0 saturated heterocycles. The van der Waals surface area contributed by atoms with Crippen LogP contribution in [0.15, 0.2) is 60.6 Å². The summed E-state index contributed by atoms with van der Waals surface area (Å²) in [6.45, 7) is 18.6. The zero-order valence-corrected chi connectivity index (χ0v) is 24.5. The molecule has 206 valence electrons. The molecule has 1 aliphatic rings. The van der Waals surface area contributed by atoms with Crippen molar-refractivity contribution in [1.29, 1.82) is 0 Å². The van der Waals surface area contributed by atoms with Crippen LogP contribution >= 0.6 is 0 Å². The Hall–Kier alpha value is -3.35. The van der Waals surface area contributed by atoms with Crippen LogP contribution in [-0.4, -0.2) is 17.4 Å². The number of hydrogen-bond acceptors (Lipinski definition) is 3. The molecule has 1 saturated carbocycles. The minimum Gasteiger partial charge on any atom is -0.507 e. The van der Waals surface area contributed by atoms with Gasteiger partial charge in [-0.3, -0.25) is 4.99 Å². The number of benzene rings is 2. The summed E-state index contributed by atoms with van der Waals surface area (Å²) in [5.41, 5.74) is 6.42. The highest BCUT2D eigenvalue weighted by atomic mass is 16.5. The molecule has 2 aromatic carbocycles. The zero-order valence-electron chi connectivity index (χ0n) is 24.5. The second kappa shape index (κ2) is 14.2.